The summed E-state index contributed by atoms with van der Waals surface area (Å²) in [5.41, 5.74) is 0. The van der Waals surface area contributed by atoms with Crippen LogP contribution in [0.3, 0.4) is 0 Å². The van der Waals surface area contributed by atoms with Crippen LogP contribution in [0.25, 0.3) is 0 Å². The van der Waals surface area contributed by atoms with Crippen LogP contribution in [0.15, 0.2) is 0 Å². The third-order valence-electron chi connectivity index (χ3n) is 5.31. The van der Waals surface area contributed by atoms with Gasteiger partial charge in [0.1, 0.15) is 5.78 Å². The summed E-state index contributed by atoms with van der Waals surface area (Å²) in [5, 5.41) is 0. The number of hydrogen-bond donors (Lipinski definition) is 0. The molecule has 0 N–H and O–H groups in total. The Morgan fingerprint density at radius 3 is 2.31 bits per heavy atom. The maximum atomic E-state index is 12.9. The fourth-order valence-corrected chi connectivity index (χ4v) is 10.2. The lowest BCUT2D eigenvalue weighted by atomic mass is 10.1. The van der Waals surface area contributed by atoms with Crippen molar-refractivity contribution >= 4 is 52.8 Å². The van der Waals surface area contributed by atoms with Gasteiger partial charge in [0, 0.05) is 19.3 Å². The molecule has 0 aliphatic carbocycles. The van der Waals surface area contributed by atoms with Crippen molar-refractivity contribution in [3.05, 3.63) is 0 Å². The van der Waals surface area contributed by atoms with Gasteiger partial charge in [0.15, 0.2) is 5.79 Å². The first-order chi connectivity index (χ1) is 12.6. The third kappa shape index (κ3) is 5.76. The Bertz CT molecular complexity index is 458. The molecule has 1 atom stereocenters. The normalized spacial score (nSPS) is 28.9. The molecule has 150 valence electrons. The van der Waals surface area contributed by atoms with Gasteiger partial charge in [0.25, 0.3) is 0 Å². The molecule has 0 aromatic rings. The van der Waals surface area contributed by atoms with Gasteiger partial charge in [0.05, 0.1) is 21.4 Å². The molecule has 26 heavy (non-hydrogen) atoms. The third-order valence-corrected chi connectivity index (χ3v) is 11.6. The monoisotopic (exact) mass is 436 g/mol. The number of hydrogen-bond acceptors (Lipinski definition) is 7. The van der Waals surface area contributed by atoms with E-state index >= 15 is 0 Å². The summed E-state index contributed by atoms with van der Waals surface area (Å²) >= 11 is 7.94. The van der Waals surface area contributed by atoms with Gasteiger partial charge < -0.3 is 9.47 Å². The minimum atomic E-state index is -0.394. The predicted octanol–water partition coefficient (Wildman–Crippen LogP) is 5.42. The maximum absolute atomic E-state index is 12.9. The molecule has 3 saturated heterocycles. The van der Waals surface area contributed by atoms with Gasteiger partial charge in [-0.15, -0.1) is 47.0 Å². The van der Waals surface area contributed by atoms with Crippen molar-refractivity contribution < 1.29 is 14.3 Å². The second kappa shape index (κ2) is 10.1. The molecule has 3 aliphatic heterocycles. The van der Waals surface area contributed by atoms with E-state index in [4.69, 9.17) is 9.47 Å². The van der Waals surface area contributed by atoms with Crippen molar-refractivity contribution in [2.75, 3.05) is 29.6 Å². The van der Waals surface area contributed by atoms with Crippen molar-refractivity contribution in [3.8, 4) is 0 Å². The van der Waals surface area contributed by atoms with Crippen molar-refractivity contribution in [3.63, 3.8) is 0 Å². The number of rotatable bonds is 8. The second-order valence-electron chi connectivity index (χ2n) is 7.28. The first-order valence-electron chi connectivity index (χ1n) is 9.93. The quantitative estimate of drug-likeness (QED) is 0.502. The molecule has 0 spiro atoms. The number of ketones is 1. The smallest absolute Gasteiger partial charge is 0.168 e. The summed E-state index contributed by atoms with van der Waals surface area (Å²) in [6.45, 7) is 4.94. The molecular formula is C19H32O3S4. The summed E-state index contributed by atoms with van der Waals surface area (Å²) in [7, 11) is 0. The average molecular weight is 437 g/mol. The molecule has 3 rings (SSSR count). The summed E-state index contributed by atoms with van der Waals surface area (Å²) in [5.74, 6) is 4.79. The maximum Gasteiger partial charge on any atom is 0.168 e. The average Bonchev–Trinajstić information content (AvgIpc) is 3.06. The van der Waals surface area contributed by atoms with Crippen LogP contribution in [-0.2, 0) is 14.3 Å². The first kappa shape index (κ1) is 21.7. The molecular weight excluding hydrogens is 404 g/mol. The van der Waals surface area contributed by atoms with Crippen molar-refractivity contribution in [1.82, 2.24) is 0 Å². The van der Waals surface area contributed by atoms with Crippen LogP contribution in [0.4, 0.5) is 0 Å². The molecule has 3 nitrogen and oxygen atoms in total. The molecule has 0 radical (unpaired) electrons. The fraction of sp³-hybridized carbons (Fsp3) is 0.947. The topological polar surface area (TPSA) is 35.5 Å². The standard InChI is InChI=1S/C19H32O3S4/c1-3-18(4-2)21-14-16(22-18)13-19(25-9-6-10-26-19)12-15(20)11-17-23-7-5-8-24-17/h16-17H,3-14H2,1-2H3/t16-/m1/s1. The molecule has 0 saturated carbocycles. The van der Waals surface area contributed by atoms with Gasteiger partial charge in [-0.1, -0.05) is 13.8 Å². The van der Waals surface area contributed by atoms with Gasteiger partial charge in [-0.25, -0.2) is 0 Å². The highest BCUT2D eigenvalue weighted by atomic mass is 32.2. The van der Waals surface area contributed by atoms with E-state index in [0.29, 0.717) is 23.4 Å². The predicted molar refractivity (Wildman–Crippen MR) is 119 cm³/mol. The Morgan fingerprint density at radius 2 is 1.69 bits per heavy atom. The van der Waals surface area contributed by atoms with E-state index in [1.54, 1.807) is 0 Å². The van der Waals surface area contributed by atoms with Crippen LogP contribution < -0.4 is 0 Å². The van der Waals surface area contributed by atoms with Crippen LogP contribution in [0.1, 0.15) is 58.8 Å². The van der Waals surface area contributed by atoms with Gasteiger partial charge in [-0.05, 0) is 48.7 Å². The molecule has 0 bridgehead atoms. The van der Waals surface area contributed by atoms with Gasteiger partial charge in [-0.2, -0.15) is 0 Å². The zero-order valence-corrected chi connectivity index (χ0v) is 19.3. The zero-order valence-electron chi connectivity index (χ0n) is 16.0. The summed E-state index contributed by atoms with van der Waals surface area (Å²) in [6.07, 6.45) is 6.78. The Kier molecular flexibility index (Phi) is 8.47. The van der Waals surface area contributed by atoms with Gasteiger partial charge in [0.2, 0.25) is 0 Å². The SMILES string of the molecule is CCC1(CC)OC[C@@H](CC2(CC(=O)CC3SCCCS3)SCCCS2)O1. The van der Waals surface area contributed by atoms with E-state index < -0.39 is 5.79 Å². The molecule has 7 heteroatoms. The van der Waals surface area contributed by atoms with E-state index in [2.05, 4.69) is 13.8 Å². The summed E-state index contributed by atoms with van der Waals surface area (Å²) in [6, 6.07) is 0. The van der Waals surface area contributed by atoms with Crippen molar-refractivity contribution in [1.29, 1.82) is 0 Å². The molecule has 0 aromatic carbocycles. The minimum absolute atomic E-state index is 0.00900. The number of thioether (sulfide) groups is 4. The van der Waals surface area contributed by atoms with Gasteiger partial charge >= 0.3 is 0 Å². The second-order valence-corrected chi connectivity index (χ2v) is 13.4. The van der Waals surface area contributed by atoms with Crippen LogP contribution in [-0.4, -0.2) is 56.0 Å². The molecule has 3 heterocycles. The summed E-state index contributed by atoms with van der Waals surface area (Å²) < 4.78 is 12.8. The Hall–Kier alpha value is 0.990. The molecule has 0 unspecified atom stereocenters. The fourth-order valence-electron chi connectivity index (χ4n) is 3.81. The largest absolute Gasteiger partial charge is 0.347 e. The van der Waals surface area contributed by atoms with Crippen molar-refractivity contribution in [2.45, 2.75) is 79.3 Å². The zero-order chi connectivity index (χ0) is 18.5. The molecule has 3 fully saturated rings. The molecule has 0 aromatic heterocycles. The number of Topliss-reactive ketones (excluding diaryl/α,β-unsaturated/α-hetero) is 1. The Balaban J connectivity index is 1.58. The van der Waals surface area contributed by atoms with E-state index in [1.807, 2.05) is 47.0 Å². The first-order valence-corrected chi connectivity index (χ1v) is 14.0. The number of ether oxygens (including phenoxy) is 2. The molecule has 0 amide bonds. The number of carbonyl (C=O) groups is 1. The molecule has 3 aliphatic rings. The Labute approximate surface area is 175 Å². The highest BCUT2D eigenvalue weighted by molar-refractivity contribution is 8.19. The summed E-state index contributed by atoms with van der Waals surface area (Å²) in [4.78, 5) is 12.9. The van der Waals surface area contributed by atoms with Crippen LogP contribution in [0.5, 0.6) is 0 Å². The highest BCUT2D eigenvalue weighted by Gasteiger charge is 2.45. The van der Waals surface area contributed by atoms with Gasteiger partial charge in [-0.3, -0.25) is 4.79 Å². The lowest BCUT2D eigenvalue weighted by Gasteiger charge is -2.37. The van der Waals surface area contributed by atoms with Crippen LogP contribution in [0.2, 0.25) is 0 Å². The van der Waals surface area contributed by atoms with E-state index in [0.717, 1.165) is 37.2 Å². The van der Waals surface area contributed by atoms with E-state index in [9.17, 15) is 4.79 Å². The van der Waals surface area contributed by atoms with Crippen LogP contribution >= 0.6 is 47.0 Å². The van der Waals surface area contributed by atoms with E-state index in [-0.39, 0.29) is 10.2 Å². The lowest BCUT2D eigenvalue weighted by molar-refractivity contribution is -0.172. The lowest BCUT2D eigenvalue weighted by Crippen LogP contribution is -2.35. The number of carbonyl (C=O) groups excluding carboxylic acids is 1. The van der Waals surface area contributed by atoms with Crippen LogP contribution in [0, 0.1) is 0 Å². The minimum Gasteiger partial charge on any atom is -0.347 e. The van der Waals surface area contributed by atoms with E-state index in [1.165, 1.54) is 24.3 Å². The Morgan fingerprint density at radius 1 is 1.04 bits per heavy atom. The highest BCUT2D eigenvalue weighted by Crippen LogP contribution is 2.50. The van der Waals surface area contributed by atoms with Crippen molar-refractivity contribution in [2.24, 2.45) is 0 Å².